The third-order valence-electron chi connectivity index (χ3n) is 4.00. The van der Waals surface area contributed by atoms with Gasteiger partial charge in [0.15, 0.2) is 11.6 Å². The van der Waals surface area contributed by atoms with Crippen LogP contribution in [0.2, 0.25) is 0 Å². The topological polar surface area (TPSA) is 89.3 Å². The van der Waals surface area contributed by atoms with Crippen molar-refractivity contribution >= 4 is 29.5 Å². The van der Waals surface area contributed by atoms with Crippen LogP contribution in [-0.4, -0.2) is 57.9 Å². The molecule has 0 aliphatic carbocycles. The van der Waals surface area contributed by atoms with Crippen LogP contribution >= 0.6 is 0 Å². The van der Waals surface area contributed by atoms with Crippen LogP contribution in [0.5, 0.6) is 0 Å². The molecule has 3 aromatic rings. The summed E-state index contributed by atoms with van der Waals surface area (Å²) < 4.78 is 5.45. The first-order valence-electron chi connectivity index (χ1n) is 8.01. The summed E-state index contributed by atoms with van der Waals surface area (Å²) in [5.74, 6) is 1.71. The van der Waals surface area contributed by atoms with Gasteiger partial charge >= 0.3 is 0 Å². The molecule has 25 heavy (non-hydrogen) atoms. The van der Waals surface area contributed by atoms with Crippen LogP contribution in [0.3, 0.4) is 0 Å². The lowest BCUT2D eigenvalue weighted by atomic mass is 10.2. The zero-order valence-electron chi connectivity index (χ0n) is 13.9. The van der Waals surface area contributed by atoms with Gasteiger partial charge in [0, 0.05) is 31.7 Å². The Morgan fingerprint density at radius 1 is 1.08 bits per heavy atom. The number of rotatable bonds is 3. The molecule has 8 heteroatoms. The Labute approximate surface area is 144 Å². The fourth-order valence-corrected chi connectivity index (χ4v) is 2.75. The largest absolute Gasteiger partial charge is 0.378 e. The van der Waals surface area contributed by atoms with Gasteiger partial charge in [0.2, 0.25) is 5.95 Å². The van der Waals surface area contributed by atoms with E-state index in [0.29, 0.717) is 25.0 Å². The van der Waals surface area contributed by atoms with E-state index in [9.17, 15) is 0 Å². The molecule has 1 saturated heterocycles. The van der Waals surface area contributed by atoms with E-state index in [0.717, 1.165) is 41.1 Å². The highest BCUT2D eigenvalue weighted by molar-refractivity contribution is 5.87. The lowest BCUT2D eigenvalue weighted by molar-refractivity contribution is 0.122. The molecule has 0 bridgehead atoms. The monoisotopic (exact) mass is 335 g/mol. The minimum atomic E-state index is 0.329. The van der Waals surface area contributed by atoms with Gasteiger partial charge in [-0.3, -0.25) is 4.98 Å². The normalized spacial score (nSPS) is 14.7. The minimum Gasteiger partial charge on any atom is -0.378 e. The second-order valence-electron chi connectivity index (χ2n) is 5.78. The Hall–Kier alpha value is -3.00. The summed E-state index contributed by atoms with van der Waals surface area (Å²) >= 11 is 0. The Morgan fingerprint density at radius 3 is 2.56 bits per heavy atom. The molecule has 1 aliphatic rings. The first kappa shape index (κ1) is 15.5. The average molecular weight is 335 g/mol. The van der Waals surface area contributed by atoms with Gasteiger partial charge in [0.05, 0.1) is 24.3 Å². The van der Waals surface area contributed by atoms with Gasteiger partial charge in [0.25, 0.3) is 0 Å². The fourth-order valence-electron chi connectivity index (χ4n) is 2.75. The molecule has 126 valence electrons. The maximum absolute atomic E-state index is 5.45. The Kier molecular flexibility index (Phi) is 4.02. The van der Waals surface area contributed by atoms with Crippen LogP contribution in [0.15, 0.2) is 29.6 Å². The summed E-state index contributed by atoms with van der Waals surface area (Å²) in [6.45, 7) is 8.32. The number of aliphatic imine (C=N–C) groups is 1. The van der Waals surface area contributed by atoms with Crippen molar-refractivity contribution in [2.45, 2.75) is 6.92 Å². The molecule has 0 N–H and O–H groups in total. The van der Waals surface area contributed by atoms with E-state index in [4.69, 9.17) is 9.72 Å². The molecule has 0 spiro atoms. The smallest absolute Gasteiger partial charge is 0.248 e. The molecule has 1 aliphatic heterocycles. The summed E-state index contributed by atoms with van der Waals surface area (Å²) in [7, 11) is 0. The van der Waals surface area contributed by atoms with Crippen LogP contribution in [-0.2, 0) is 4.74 Å². The van der Waals surface area contributed by atoms with E-state index >= 15 is 0 Å². The summed E-state index contributed by atoms with van der Waals surface area (Å²) in [6, 6.07) is 2.01. The van der Waals surface area contributed by atoms with E-state index in [-0.39, 0.29) is 0 Å². The van der Waals surface area contributed by atoms with Crippen molar-refractivity contribution in [1.29, 1.82) is 0 Å². The highest BCUT2D eigenvalue weighted by atomic mass is 16.5. The van der Waals surface area contributed by atoms with Crippen molar-refractivity contribution in [3.63, 3.8) is 0 Å². The van der Waals surface area contributed by atoms with Gasteiger partial charge in [0.1, 0.15) is 5.52 Å². The third kappa shape index (κ3) is 3.03. The number of anilines is 1. The number of hydrogen-bond donors (Lipinski definition) is 0. The van der Waals surface area contributed by atoms with Gasteiger partial charge < -0.3 is 9.64 Å². The SMILES string of the molecule is C=Nc1ncc(-c2nc(N3CCOCC3)c3ncc(C)cc3n2)cn1. The van der Waals surface area contributed by atoms with E-state index < -0.39 is 0 Å². The van der Waals surface area contributed by atoms with E-state index in [1.807, 2.05) is 19.2 Å². The molecule has 0 amide bonds. The predicted molar refractivity (Wildman–Crippen MR) is 95.3 cm³/mol. The first-order valence-corrected chi connectivity index (χ1v) is 8.01. The lowest BCUT2D eigenvalue weighted by Gasteiger charge is -2.28. The molecule has 0 aromatic carbocycles. The summed E-state index contributed by atoms with van der Waals surface area (Å²) in [5.41, 5.74) is 3.37. The van der Waals surface area contributed by atoms with Gasteiger partial charge in [-0.25, -0.2) is 24.9 Å². The number of aryl methyl sites for hydroxylation is 1. The maximum atomic E-state index is 5.45. The highest BCUT2D eigenvalue weighted by Gasteiger charge is 2.19. The Balaban J connectivity index is 1.87. The first-order chi connectivity index (χ1) is 12.2. The molecular weight excluding hydrogens is 318 g/mol. The van der Waals surface area contributed by atoms with Crippen LogP contribution in [0.1, 0.15) is 5.56 Å². The number of aromatic nitrogens is 5. The minimum absolute atomic E-state index is 0.329. The van der Waals surface area contributed by atoms with Gasteiger partial charge in [-0.15, -0.1) is 0 Å². The van der Waals surface area contributed by atoms with E-state index in [2.05, 4.69) is 36.5 Å². The predicted octanol–water partition coefficient (Wildman–Crippen LogP) is 1.96. The molecule has 1 fully saturated rings. The van der Waals surface area contributed by atoms with Crippen LogP contribution in [0, 0.1) is 6.92 Å². The number of fused-ring (bicyclic) bond motifs is 1. The molecule has 0 saturated carbocycles. The number of pyridine rings is 1. The molecule has 0 unspecified atom stereocenters. The molecule has 4 heterocycles. The van der Waals surface area contributed by atoms with Crippen molar-refractivity contribution in [3.05, 3.63) is 30.2 Å². The van der Waals surface area contributed by atoms with Crippen molar-refractivity contribution in [3.8, 4) is 11.4 Å². The second kappa shape index (κ2) is 6.48. The number of ether oxygens (including phenoxy) is 1. The summed E-state index contributed by atoms with van der Waals surface area (Å²) in [6.07, 6.45) is 5.15. The van der Waals surface area contributed by atoms with E-state index in [1.165, 1.54) is 0 Å². The lowest BCUT2D eigenvalue weighted by Crippen LogP contribution is -2.37. The Bertz CT molecular complexity index is 920. The van der Waals surface area contributed by atoms with Crippen molar-refractivity contribution in [2.75, 3.05) is 31.2 Å². The van der Waals surface area contributed by atoms with Crippen molar-refractivity contribution < 1.29 is 4.74 Å². The zero-order chi connectivity index (χ0) is 17.2. The van der Waals surface area contributed by atoms with Gasteiger partial charge in [-0.1, -0.05) is 0 Å². The van der Waals surface area contributed by atoms with Crippen molar-refractivity contribution in [1.82, 2.24) is 24.9 Å². The third-order valence-corrected chi connectivity index (χ3v) is 4.00. The fraction of sp³-hybridized carbons (Fsp3) is 0.294. The summed E-state index contributed by atoms with van der Waals surface area (Å²) in [4.78, 5) is 28.1. The number of hydrogen-bond acceptors (Lipinski definition) is 8. The quantitative estimate of drug-likeness (QED) is 0.676. The van der Waals surface area contributed by atoms with Crippen LogP contribution in [0.4, 0.5) is 11.8 Å². The van der Waals surface area contributed by atoms with Gasteiger partial charge in [-0.05, 0) is 25.3 Å². The molecule has 8 nitrogen and oxygen atoms in total. The molecule has 3 aromatic heterocycles. The van der Waals surface area contributed by atoms with Crippen molar-refractivity contribution in [2.24, 2.45) is 4.99 Å². The average Bonchev–Trinajstić information content (AvgIpc) is 2.67. The standard InChI is InChI=1S/C17H17N7O/c1-11-7-13-14(19-8-11)16(24-3-5-25-6-4-24)23-15(22-13)12-9-20-17(18-2)21-10-12/h7-10H,2-6H2,1H3. The van der Waals surface area contributed by atoms with Gasteiger partial charge in [-0.2, -0.15) is 0 Å². The summed E-state index contributed by atoms with van der Waals surface area (Å²) in [5, 5.41) is 0. The van der Waals surface area contributed by atoms with E-state index in [1.54, 1.807) is 12.4 Å². The number of nitrogens with zero attached hydrogens (tertiary/aromatic N) is 7. The highest BCUT2D eigenvalue weighted by Crippen LogP contribution is 2.27. The Morgan fingerprint density at radius 2 is 1.84 bits per heavy atom. The number of morpholine rings is 1. The molecular formula is C17H17N7O. The molecule has 0 atom stereocenters. The molecule has 0 radical (unpaired) electrons. The van der Waals surface area contributed by atoms with Crippen LogP contribution in [0.25, 0.3) is 22.4 Å². The zero-order valence-corrected chi connectivity index (χ0v) is 13.9. The van der Waals surface area contributed by atoms with Crippen LogP contribution < -0.4 is 4.90 Å². The second-order valence-corrected chi connectivity index (χ2v) is 5.78. The molecule has 4 rings (SSSR count). The maximum Gasteiger partial charge on any atom is 0.248 e.